The second-order valence-corrected chi connectivity index (χ2v) is 12.4. The molecular weight excluding hydrogens is 638 g/mol. The molecule has 6 nitrogen and oxygen atoms in total. The van der Waals surface area contributed by atoms with Crippen LogP contribution < -0.4 is 16.0 Å². The minimum absolute atomic E-state index is 0.0321. The molecule has 6 aromatic carbocycles. The Balaban J connectivity index is 1.20. The molecule has 1 unspecified atom stereocenters. The highest BCUT2D eigenvalue weighted by molar-refractivity contribution is 8.00. The maximum atomic E-state index is 13.8. The average molecular weight is 668 g/mol. The van der Waals surface area contributed by atoms with E-state index < -0.39 is 17.1 Å². The van der Waals surface area contributed by atoms with E-state index in [4.69, 9.17) is 11.6 Å². The van der Waals surface area contributed by atoms with Crippen LogP contribution in [0.1, 0.15) is 26.7 Å². The van der Waals surface area contributed by atoms with Crippen LogP contribution in [-0.4, -0.2) is 17.7 Å². The number of anilines is 2. The van der Waals surface area contributed by atoms with Gasteiger partial charge in [0.1, 0.15) is 10.9 Å². The lowest BCUT2D eigenvalue weighted by Crippen LogP contribution is -2.30. The van der Waals surface area contributed by atoms with Crippen LogP contribution in [0.2, 0.25) is 5.02 Å². The molecular formula is C40H30ClN3O3S. The summed E-state index contributed by atoms with van der Waals surface area (Å²) >= 11 is 7.77. The van der Waals surface area contributed by atoms with Gasteiger partial charge < -0.3 is 16.0 Å². The van der Waals surface area contributed by atoms with Crippen LogP contribution in [-0.2, 0) is 9.59 Å². The fourth-order valence-electron chi connectivity index (χ4n) is 5.07. The summed E-state index contributed by atoms with van der Waals surface area (Å²) in [4.78, 5) is 41.1. The maximum absolute atomic E-state index is 13.8. The van der Waals surface area contributed by atoms with Crippen molar-refractivity contribution in [1.82, 2.24) is 5.32 Å². The Kier molecular flexibility index (Phi) is 10.3. The van der Waals surface area contributed by atoms with Crippen LogP contribution in [0.4, 0.5) is 11.4 Å². The Morgan fingerprint density at radius 3 is 2.04 bits per heavy atom. The standard InChI is InChI=1S/C40H30ClN3O3S/c41-34-20-10-8-17-30(34)26-36(44-38(45)29-15-5-2-6-16-29)39(46)42-31-22-24-32(25-23-31)48-37(28-13-3-1-4-14-28)40(47)43-35-21-11-18-27-12-7-9-19-33(27)35/h1-26,37H,(H,42,46)(H,43,47)(H,44,45)/b36-26-. The van der Waals surface area contributed by atoms with E-state index in [0.29, 0.717) is 21.8 Å². The smallest absolute Gasteiger partial charge is 0.272 e. The molecule has 0 saturated heterocycles. The van der Waals surface area contributed by atoms with Crippen molar-refractivity contribution in [3.63, 3.8) is 0 Å². The first kappa shape index (κ1) is 32.3. The average Bonchev–Trinajstić information content (AvgIpc) is 3.12. The van der Waals surface area contributed by atoms with Crippen LogP contribution in [0.5, 0.6) is 0 Å². The van der Waals surface area contributed by atoms with E-state index in [2.05, 4.69) is 16.0 Å². The molecule has 0 spiro atoms. The molecule has 0 aliphatic carbocycles. The molecule has 3 amide bonds. The molecule has 0 aromatic heterocycles. The van der Waals surface area contributed by atoms with Gasteiger partial charge in [0, 0.05) is 32.2 Å². The Hall–Kier alpha value is -5.63. The van der Waals surface area contributed by atoms with E-state index in [-0.39, 0.29) is 11.6 Å². The highest BCUT2D eigenvalue weighted by Gasteiger charge is 2.23. The molecule has 8 heteroatoms. The minimum atomic E-state index is -0.538. The first-order chi connectivity index (χ1) is 23.4. The zero-order valence-electron chi connectivity index (χ0n) is 25.6. The van der Waals surface area contributed by atoms with Crippen LogP contribution in [0.15, 0.2) is 162 Å². The molecule has 48 heavy (non-hydrogen) atoms. The van der Waals surface area contributed by atoms with Crippen LogP contribution in [0.25, 0.3) is 16.8 Å². The lowest BCUT2D eigenvalue weighted by molar-refractivity contribution is -0.116. The van der Waals surface area contributed by atoms with Gasteiger partial charge in [-0.15, -0.1) is 11.8 Å². The van der Waals surface area contributed by atoms with Crippen LogP contribution >= 0.6 is 23.4 Å². The summed E-state index contributed by atoms with van der Waals surface area (Å²) < 4.78 is 0. The number of rotatable bonds is 10. The molecule has 1 atom stereocenters. The molecule has 3 N–H and O–H groups in total. The molecule has 0 aliphatic rings. The van der Waals surface area contributed by atoms with Crippen molar-refractivity contribution in [3.05, 3.63) is 179 Å². The first-order valence-corrected chi connectivity index (χ1v) is 16.4. The van der Waals surface area contributed by atoms with E-state index in [0.717, 1.165) is 26.9 Å². The Bertz CT molecular complexity index is 2100. The van der Waals surface area contributed by atoms with E-state index >= 15 is 0 Å². The van der Waals surface area contributed by atoms with Gasteiger partial charge in [-0.25, -0.2) is 0 Å². The van der Waals surface area contributed by atoms with Crippen molar-refractivity contribution >= 4 is 69.3 Å². The maximum Gasteiger partial charge on any atom is 0.272 e. The van der Waals surface area contributed by atoms with E-state index in [9.17, 15) is 14.4 Å². The van der Waals surface area contributed by atoms with Crippen molar-refractivity contribution in [3.8, 4) is 0 Å². The molecule has 0 bridgehead atoms. The van der Waals surface area contributed by atoms with Gasteiger partial charge in [-0.1, -0.05) is 115 Å². The number of hydrogen-bond acceptors (Lipinski definition) is 4. The zero-order chi connectivity index (χ0) is 33.3. The van der Waals surface area contributed by atoms with Crippen LogP contribution in [0, 0.1) is 0 Å². The molecule has 0 heterocycles. The third-order valence-corrected chi connectivity index (χ3v) is 9.10. The van der Waals surface area contributed by atoms with E-state index in [1.807, 2.05) is 91.0 Å². The molecule has 0 saturated carbocycles. The third kappa shape index (κ3) is 8.01. The van der Waals surface area contributed by atoms with Gasteiger partial charge in [-0.2, -0.15) is 0 Å². The Labute approximate surface area is 287 Å². The number of amides is 3. The second-order valence-electron chi connectivity index (χ2n) is 10.8. The van der Waals surface area contributed by atoms with Crippen molar-refractivity contribution in [1.29, 1.82) is 0 Å². The topological polar surface area (TPSA) is 87.3 Å². The zero-order valence-corrected chi connectivity index (χ0v) is 27.2. The normalized spacial score (nSPS) is 11.8. The number of hydrogen-bond donors (Lipinski definition) is 3. The third-order valence-electron chi connectivity index (χ3n) is 7.49. The number of halogens is 1. The molecule has 0 radical (unpaired) electrons. The van der Waals surface area contributed by atoms with Gasteiger partial charge in [-0.3, -0.25) is 14.4 Å². The van der Waals surface area contributed by atoms with Crippen molar-refractivity contribution in [2.24, 2.45) is 0 Å². The number of benzene rings is 6. The Morgan fingerprint density at radius 1 is 0.646 bits per heavy atom. The van der Waals surface area contributed by atoms with Crippen molar-refractivity contribution in [2.75, 3.05) is 10.6 Å². The largest absolute Gasteiger partial charge is 0.324 e. The first-order valence-electron chi connectivity index (χ1n) is 15.2. The number of nitrogens with one attached hydrogen (secondary N) is 3. The SMILES string of the molecule is O=C(Nc1ccc(SC(C(=O)Nc2cccc3ccccc23)c2ccccc2)cc1)/C(=C/c1ccccc1Cl)NC(=O)c1ccccc1. The number of carbonyl (C=O) groups is 3. The van der Waals surface area contributed by atoms with E-state index in [1.54, 1.807) is 66.7 Å². The summed E-state index contributed by atoms with van der Waals surface area (Å²) in [6.45, 7) is 0. The summed E-state index contributed by atoms with van der Waals surface area (Å²) in [5.41, 5.74) is 3.15. The molecule has 0 aliphatic heterocycles. The van der Waals surface area contributed by atoms with Crippen molar-refractivity contribution in [2.45, 2.75) is 10.1 Å². The highest BCUT2D eigenvalue weighted by Crippen LogP contribution is 2.37. The highest BCUT2D eigenvalue weighted by atomic mass is 35.5. The molecule has 6 rings (SSSR count). The minimum Gasteiger partial charge on any atom is -0.324 e. The van der Waals surface area contributed by atoms with Crippen LogP contribution in [0.3, 0.4) is 0 Å². The molecule has 6 aromatic rings. The second kappa shape index (κ2) is 15.3. The van der Waals surface area contributed by atoms with Gasteiger partial charge in [-0.05, 0) is 71.1 Å². The van der Waals surface area contributed by atoms with E-state index in [1.165, 1.54) is 11.8 Å². The summed E-state index contributed by atoms with van der Waals surface area (Å²) in [5.74, 6) is -1.09. The predicted molar refractivity (Wildman–Crippen MR) is 196 cm³/mol. The van der Waals surface area contributed by atoms with Gasteiger partial charge >= 0.3 is 0 Å². The van der Waals surface area contributed by atoms with Gasteiger partial charge in [0.25, 0.3) is 11.8 Å². The van der Waals surface area contributed by atoms with Gasteiger partial charge in [0.15, 0.2) is 0 Å². The van der Waals surface area contributed by atoms with Crippen molar-refractivity contribution < 1.29 is 14.4 Å². The predicted octanol–water partition coefficient (Wildman–Crippen LogP) is 9.37. The molecule has 0 fully saturated rings. The number of carbonyl (C=O) groups excluding carboxylic acids is 3. The summed E-state index contributed by atoms with van der Waals surface area (Å²) in [5, 5.41) is 10.6. The summed E-state index contributed by atoms with van der Waals surface area (Å²) in [6, 6.07) is 46.3. The summed E-state index contributed by atoms with van der Waals surface area (Å²) in [7, 11) is 0. The monoisotopic (exact) mass is 667 g/mol. The van der Waals surface area contributed by atoms with Gasteiger partial charge in [0.2, 0.25) is 5.91 Å². The molecule has 236 valence electrons. The lowest BCUT2D eigenvalue weighted by atomic mass is 10.1. The lowest BCUT2D eigenvalue weighted by Gasteiger charge is -2.18. The Morgan fingerprint density at radius 2 is 1.29 bits per heavy atom. The quantitative estimate of drug-likeness (QED) is 0.100. The fourth-order valence-corrected chi connectivity index (χ4v) is 6.29. The number of fused-ring (bicyclic) bond motifs is 1. The number of thioether (sulfide) groups is 1. The summed E-state index contributed by atoms with van der Waals surface area (Å²) in [6.07, 6.45) is 1.54. The van der Waals surface area contributed by atoms with Gasteiger partial charge in [0.05, 0.1) is 0 Å². The fraction of sp³-hybridized carbons (Fsp3) is 0.0250.